The van der Waals surface area contributed by atoms with Crippen LogP contribution in [0.3, 0.4) is 0 Å². The Labute approximate surface area is 113 Å². The molecular weight excluding hydrogens is 275 g/mol. The third kappa shape index (κ3) is 3.09. The highest BCUT2D eigenvalue weighted by Gasteiger charge is 2.32. The standard InChI is InChI=1S/C13H14F3NO3/c1-6(2)17(7(3)18)12(13(19)20)8-4-9(14)11(16)10(15)5-8/h4-6,12H,1-3H3,(H,19,20). The van der Waals surface area contributed by atoms with Crippen LogP contribution >= 0.6 is 0 Å². The smallest absolute Gasteiger partial charge is 0.331 e. The van der Waals surface area contributed by atoms with Crippen molar-refractivity contribution in [2.45, 2.75) is 32.9 Å². The maximum Gasteiger partial charge on any atom is 0.331 e. The van der Waals surface area contributed by atoms with E-state index >= 15 is 0 Å². The summed E-state index contributed by atoms with van der Waals surface area (Å²) < 4.78 is 39.4. The first-order chi connectivity index (χ1) is 9.16. The first-order valence-corrected chi connectivity index (χ1v) is 5.83. The largest absolute Gasteiger partial charge is 0.479 e. The Morgan fingerprint density at radius 2 is 1.60 bits per heavy atom. The van der Waals surface area contributed by atoms with E-state index in [9.17, 15) is 27.9 Å². The number of carbonyl (C=O) groups is 2. The molecule has 0 aliphatic heterocycles. The molecule has 1 atom stereocenters. The summed E-state index contributed by atoms with van der Waals surface area (Å²) in [5.74, 6) is -6.72. The second-order valence-corrected chi connectivity index (χ2v) is 4.56. The molecule has 0 saturated heterocycles. The molecule has 110 valence electrons. The summed E-state index contributed by atoms with van der Waals surface area (Å²) in [6, 6.07) is -0.938. The van der Waals surface area contributed by atoms with E-state index in [1.807, 2.05) is 0 Å². The van der Waals surface area contributed by atoms with Crippen LogP contribution in [0.1, 0.15) is 32.4 Å². The van der Waals surface area contributed by atoms with Crippen LogP contribution in [-0.2, 0) is 9.59 Å². The molecule has 1 aromatic carbocycles. The normalized spacial score (nSPS) is 12.3. The van der Waals surface area contributed by atoms with Crippen molar-refractivity contribution in [1.29, 1.82) is 0 Å². The first kappa shape index (κ1) is 16.0. The predicted octanol–water partition coefficient (Wildman–Crippen LogP) is 2.49. The lowest BCUT2D eigenvalue weighted by Gasteiger charge is -2.31. The summed E-state index contributed by atoms with van der Waals surface area (Å²) in [5, 5.41) is 9.21. The van der Waals surface area contributed by atoms with E-state index in [0.29, 0.717) is 12.1 Å². The number of halogens is 3. The van der Waals surface area contributed by atoms with Crippen LogP contribution < -0.4 is 0 Å². The lowest BCUT2D eigenvalue weighted by Crippen LogP contribution is -2.42. The van der Waals surface area contributed by atoms with Gasteiger partial charge in [-0.25, -0.2) is 18.0 Å². The number of nitrogens with zero attached hydrogens (tertiary/aromatic N) is 1. The Hall–Kier alpha value is -2.05. The predicted molar refractivity (Wildman–Crippen MR) is 64.3 cm³/mol. The summed E-state index contributed by atoms with van der Waals surface area (Å²) in [5.41, 5.74) is -0.335. The van der Waals surface area contributed by atoms with Gasteiger partial charge < -0.3 is 10.0 Å². The van der Waals surface area contributed by atoms with Gasteiger partial charge in [-0.05, 0) is 31.5 Å². The van der Waals surface area contributed by atoms with Gasteiger partial charge in [0.1, 0.15) is 0 Å². The van der Waals surface area contributed by atoms with Crippen molar-refractivity contribution in [2.75, 3.05) is 0 Å². The van der Waals surface area contributed by atoms with E-state index in [1.165, 1.54) is 0 Å². The Bertz CT molecular complexity index is 523. The van der Waals surface area contributed by atoms with E-state index in [-0.39, 0.29) is 5.56 Å². The monoisotopic (exact) mass is 289 g/mol. The lowest BCUT2D eigenvalue weighted by atomic mass is 10.0. The Morgan fingerprint density at radius 1 is 1.15 bits per heavy atom. The Morgan fingerprint density at radius 3 is 1.90 bits per heavy atom. The fraction of sp³-hybridized carbons (Fsp3) is 0.385. The highest BCUT2D eigenvalue weighted by atomic mass is 19.2. The van der Waals surface area contributed by atoms with Crippen LogP contribution in [0.5, 0.6) is 0 Å². The van der Waals surface area contributed by atoms with Crippen LogP contribution in [0, 0.1) is 17.5 Å². The van der Waals surface area contributed by atoms with Crippen molar-refractivity contribution in [3.8, 4) is 0 Å². The van der Waals surface area contributed by atoms with Crippen LogP contribution in [0.2, 0.25) is 0 Å². The van der Waals surface area contributed by atoms with Gasteiger partial charge in [0.25, 0.3) is 0 Å². The maximum absolute atomic E-state index is 13.2. The van der Waals surface area contributed by atoms with Gasteiger partial charge in [0.05, 0.1) is 0 Å². The van der Waals surface area contributed by atoms with Crippen LogP contribution in [0.25, 0.3) is 0 Å². The molecule has 0 aliphatic carbocycles. The first-order valence-electron chi connectivity index (χ1n) is 5.83. The van der Waals surface area contributed by atoms with E-state index in [1.54, 1.807) is 13.8 Å². The van der Waals surface area contributed by atoms with Gasteiger partial charge in [0.2, 0.25) is 5.91 Å². The lowest BCUT2D eigenvalue weighted by molar-refractivity contribution is -0.151. The molecule has 0 fully saturated rings. The van der Waals surface area contributed by atoms with Crippen LogP contribution in [-0.4, -0.2) is 27.9 Å². The Kier molecular flexibility index (Phi) is 4.75. The molecule has 1 aromatic rings. The third-order valence-electron chi connectivity index (χ3n) is 2.75. The fourth-order valence-electron chi connectivity index (χ4n) is 2.00. The van der Waals surface area contributed by atoms with Gasteiger partial charge in [-0.15, -0.1) is 0 Å². The van der Waals surface area contributed by atoms with E-state index in [0.717, 1.165) is 11.8 Å². The molecule has 1 unspecified atom stereocenters. The molecular formula is C13H14F3NO3. The summed E-state index contributed by atoms with van der Waals surface area (Å²) in [6.45, 7) is 4.27. The molecule has 1 amide bonds. The van der Waals surface area contributed by atoms with Crippen molar-refractivity contribution < 1.29 is 27.9 Å². The molecule has 0 aliphatic rings. The number of hydrogen-bond acceptors (Lipinski definition) is 2. The molecule has 4 nitrogen and oxygen atoms in total. The highest BCUT2D eigenvalue weighted by Crippen LogP contribution is 2.26. The third-order valence-corrected chi connectivity index (χ3v) is 2.75. The average molecular weight is 289 g/mol. The van der Waals surface area contributed by atoms with Crippen molar-refractivity contribution in [1.82, 2.24) is 4.90 Å². The zero-order valence-electron chi connectivity index (χ0n) is 11.2. The van der Waals surface area contributed by atoms with Gasteiger partial charge in [0, 0.05) is 13.0 Å². The van der Waals surface area contributed by atoms with Crippen molar-refractivity contribution in [3.63, 3.8) is 0 Å². The molecule has 20 heavy (non-hydrogen) atoms. The molecule has 0 heterocycles. The van der Waals surface area contributed by atoms with E-state index in [4.69, 9.17) is 0 Å². The van der Waals surface area contributed by atoms with Crippen molar-refractivity contribution >= 4 is 11.9 Å². The molecule has 0 bridgehead atoms. The SMILES string of the molecule is CC(=O)N(C(C)C)C(C(=O)O)c1cc(F)c(F)c(F)c1. The molecule has 0 aromatic heterocycles. The molecule has 0 radical (unpaired) electrons. The fourth-order valence-corrected chi connectivity index (χ4v) is 2.00. The van der Waals surface area contributed by atoms with Crippen molar-refractivity contribution in [3.05, 3.63) is 35.1 Å². The maximum atomic E-state index is 13.2. The van der Waals surface area contributed by atoms with Gasteiger partial charge in [-0.1, -0.05) is 0 Å². The van der Waals surface area contributed by atoms with E-state index < -0.39 is 41.4 Å². The minimum Gasteiger partial charge on any atom is -0.479 e. The van der Waals surface area contributed by atoms with Gasteiger partial charge >= 0.3 is 5.97 Å². The summed E-state index contributed by atoms with van der Waals surface area (Å²) in [7, 11) is 0. The van der Waals surface area contributed by atoms with Gasteiger partial charge in [-0.3, -0.25) is 4.79 Å². The summed E-state index contributed by atoms with van der Waals surface area (Å²) >= 11 is 0. The number of carboxylic acids is 1. The number of carbonyl (C=O) groups excluding carboxylic acids is 1. The number of amides is 1. The molecule has 1 N–H and O–H groups in total. The van der Waals surface area contributed by atoms with E-state index in [2.05, 4.69) is 0 Å². The summed E-state index contributed by atoms with van der Waals surface area (Å²) in [4.78, 5) is 23.8. The zero-order chi connectivity index (χ0) is 15.6. The zero-order valence-corrected chi connectivity index (χ0v) is 11.2. The minimum atomic E-state index is -1.68. The average Bonchev–Trinajstić information content (AvgIpc) is 2.30. The second kappa shape index (κ2) is 5.94. The topological polar surface area (TPSA) is 57.6 Å². The number of carboxylic acid groups (broad SMARTS) is 1. The van der Waals surface area contributed by atoms with Gasteiger partial charge in [0.15, 0.2) is 23.5 Å². The minimum absolute atomic E-state index is 0.335. The van der Waals surface area contributed by atoms with Crippen LogP contribution in [0.4, 0.5) is 13.2 Å². The number of benzene rings is 1. The van der Waals surface area contributed by atoms with Crippen LogP contribution in [0.15, 0.2) is 12.1 Å². The highest BCUT2D eigenvalue weighted by molar-refractivity contribution is 5.83. The number of hydrogen-bond donors (Lipinski definition) is 1. The Balaban J connectivity index is 3.41. The molecule has 0 saturated carbocycles. The molecule has 0 spiro atoms. The quantitative estimate of drug-likeness (QED) is 0.866. The summed E-state index contributed by atoms with van der Waals surface area (Å²) in [6.07, 6.45) is 0. The second-order valence-electron chi connectivity index (χ2n) is 4.56. The molecule has 7 heteroatoms. The van der Waals surface area contributed by atoms with Gasteiger partial charge in [-0.2, -0.15) is 0 Å². The molecule has 1 rings (SSSR count). The number of aliphatic carboxylic acids is 1. The number of rotatable bonds is 4. The van der Waals surface area contributed by atoms with Crippen molar-refractivity contribution in [2.24, 2.45) is 0 Å².